The monoisotopic (exact) mass is 796 g/mol. The molecule has 20 heteroatoms. The minimum Gasteiger partial charge on any atom is -0.466 e. The molecule has 0 saturated carbocycles. The molecule has 30 heavy (non-hydrogen) atoms. The van der Waals surface area contributed by atoms with Crippen LogP contribution in [0.1, 0.15) is 13.8 Å². The van der Waals surface area contributed by atoms with Crippen molar-refractivity contribution in [3.8, 4) is 0 Å². The van der Waals surface area contributed by atoms with Crippen molar-refractivity contribution in [3.63, 3.8) is 0 Å². The quantitative estimate of drug-likeness (QED) is 0.195. The lowest BCUT2D eigenvalue weighted by Crippen LogP contribution is -1.95. The Bertz CT molecular complexity index is 202. The molecule has 0 bridgehead atoms. The van der Waals surface area contributed by atoms with Gasteiger partial charge in [-0.3, -0.25) is 4.79 Å². The van der Waals surface area contributed by atoms with E-state index >= 15 is 0 Å². The molecule has 0 heterocycles. The molecule has 0 aliphatic carbocycles. The SMILES string of the molecule is CCOC(C)=O.ClC(Cl)Cl.ClC(Cl)Cl.ClC(Cl)Cl.ClC(Cl)Cl.ClC(Cl)Cl.ClC(Cl)Cl. The van der Waals surface area contributed by atoms with Crippen LogP contribution in [0.15, 0.2) is 0 Å². The molecule has 0 saturated heterocycles. The van der Waals surface area contributed by atoms with Gasteiger partial charge in [-0.15, -0.1) is 0 Å². The molecule has 2 nitrogen and oxygen atoms in total. The van der Waals surface area contributed by atoms with E-state index in [4.69, 9.17) is 209 Å². The normalized spacial score (nSPS) is 8.73. The Labute approximate surface area is 267 Å². The maximum Gasteiger partial charge on any atom is 0.302 e. The van der Waals surface area contributed by atoms with Crippen LogP contribution in [0.25, 0.3) is 0 Å². The molecule has 0 spiro atoms. The summed E-state index contributed by atoms with van der Waals surface area (Å²) in [7, 11) is 0. The van der Waals surface area contributed by atoms with E-state index in [0.29, 0.717) is 6.61 Å². The fraction of sp³-hybridized carbons (Fsp3) is 0.900. The summed E-state index contributed by atoms with van der Waals surface area (Å²) in [4.78, 5) is 9.82. The van der Waals surface area contributed by atoms with Gasteiger partial charge in [0.25, 0.3) is 0 Å². The number of esters is 1. The minimum atomic E-state index is -0.750. The van der Waals surface area contributed by atoms with Gasteiger partial charge in [0.2, 0.25) is 0 Å². The molecular weight excluding hydrogens is 790 g/mol. The predicted molar refractivity (Wildman–Crippen MR) is 150 cm³/mol. The average Bonchev–Trinajstić information content (AvgIpc) is 2.33. The van der Waals surface area contributed by atoms with Crippen molar-refractivity contribution in [2.45, 2.75) is 39.6 Å². The maximum atomic E-state index is 9.82. The highest BCUT2D eigenvalue weighted by molar-refractivity contribution is 6.65. The second kappa shape index (κ2) is 47.0. The summed E-state index contributed by atoms with van der Waals surface area (Å²) >= 11 is 86.5. The third kappa shape index (κ3) is 555. The van der Waals surface area contributed by atoms with Crippen molar-refractivity contribution >= 4 is 215 Å². The van der Waals surface area contributed by atoms with Crippen molar-refractivity contribution in [1.29, 1.82) is 0 Å². The number of alkyl halides is 18. The van der Waals surface area contributed by atoms with Crippen LogP contribution < -0.4 is 0 Å². The Morgan fingerprint density at radius 1 is 0.500 bits per heavy atom. The molecule has 0 aliphatic rings. The van der Waals surface area contributed by atoms with E-state index < -0.39 is 25.8 Å². The average molecular weight is 804 g/mol. The van der Waals surface area contributed by atoms with E-state index in [-0.39, 0.29) is 5.97 Å². The van der Waals surface area contributed by atoms with Gasteiger partial charge in [0.1, 0.15) is 0 Å². The molecule has 0 aromatic carbocycles. The summed E-state index contributed by atoms with van der Waals surface area (Å²) in [5.41, 5.74) is 0. The number of hydrogen-bond acceptors (Lipinski definition) is 2. The van der Waals surface area contributed by atoms with Crippen molar-refractivity contribution in [1.82, 2.24) is 0 Å². The topological polar surface area (TPSA) is 26.3 Å². The fourth-order valence-electron chi connectivity index (χ4n) is 0.203. The number of carbonyl (C=O) groups excluding carboxylic acids is 1. The van der Waals surface area contributed by atoms with Crippen LogP contribution in [-0.4, -0.2) is 38.3 Å². The minimum absolute atomic E-state index is 0.211. The van der Waals surface area contributed by atoms with Gasteiger partial charge >= 0.3 is 5.97 Å². The molecular formula is C10H14Cl18O2. The molecule has 0 aromatic rings. The molecule has 0 atom stereocenters. The molecule has 0 unspecified atom stereocenters. The van der Waals surface area contributed by atoms with Gasteiger partial charge in [0, 0.05) is 6.92 Å². The largest absolute Gasteiger partial charge is 0.466 e. The Morgan fingerprint density at radius 2 is 0.600 bits per heavy atom. The number of hydrogen-bond donors (Lipinski definition) is 0. The van der Waals surface area contributed by atoms with Crippen LogP contribution in [-0.2, 0) is 9.53 Å². The smallest absolute Gasteiger partial charge is 0.302 e. The second-order valence-corrected chi connectivity index (χ2v) is 14.3. The Balaban J connectivity index is -0.0000000414. The highest BCUT2D eigenvalue weighted by atomic mass is 35.6. The molecule has 0 radical (unpaired) electrons. The number of ether oxygens (including phenoxy) is 1. The van der Waals surface area contributed by atoms with E-state index in [1.807, 2.05) is 0 Å². The summed E-state index contributed by atoms with van der Waals surface area (Å²) in [6.07, 6.45) is 0. The summed E-state index contributed by atoms with van der Waals surface area (Å²) in [6, 6.07) is 0. The summed E-state index contributed by atoms with van der Waals surface area (Å²) < 4.78 is -0.0972. The molecule has 192 valence electrons. The van der Waals surface area contributed by atoms with Crippen LogP contribution >= 0.6 is 209 Å². The molecule has 0 aromatic heterocycles. The van der Waals surface area contributed by atoms with Gasteiger partial charge in [-0.2, -0.15) is 0 Å². The Kier molecular flexibility index (Phi) is 80.4. The van der Waals surface area contributed by atoms with Crippen LogP contribution in [0.4, 0.5) is 0 Å². The van der Waals surface area contributed by atoms with Crippen molar-refractivity contribution in [2.24, 2.45) is 0 Å². The van der Waals surface area contributed by atoms with E-state index in [2.05, 4.69) is 4.74 Å². The second-order valence-electron chi connectivity index (χ2n) is 2.41. The summed E-state index contributed by atoms with van der Waals surface area (Å²) in [6.45, 7) is 3.65. The van der Waals surface area contributed by atoms with Gasteiger partial charge < -0.3 is 4.74 Å². The highest BCUT2D eigenvalue weighted by Crippen LogP contribution is 2.05. The van der Waals surface area contributed by atoms with E-state index in [1.165, 1.54) is 6.92 Å². The van der Waals surface area contributed by atoms with E-state index in [0.717, 1.165) is 0 Å². The van der Waals surface area contributed by atoms with Gasteiger partial charge in [-0.05, 0) is 6.92 Å². The zero-order valence-corrected chi connectivity index (χ0v) is 27.9. The van der Waals surface area contributed by atoms with Crippen LogP contribution in [0.3, 0.4) is 0 Å². The van der Waals surface area contributed by atoms with Gasteiger partial charge in [-0.25, -0.2) is 0 Å². The number of rotatable bonds is 1. The number of halogens is 18. The highest BCUT2D eigenvalue weighted by Gasteiger charge is 1.82. The standard InChI is InChI=1S/C4H8O2.6CHCl3/c1-3-6-4(2)5;6*2-1(3)4/h3H2,1-2H3;6*1H. The maximum absolute atomic E-state index is 9.82. The van der Waals surface area contributed by atoms with Crippen LogP contribution in [0.2, 0.25) is 0 Å². The molecule has 0 amide bonds. The lowest BCUT2D eigenvalue weighted by atomic mass is 10.8. The van der Waals surface area contributed by atoms with Crippen molar-refractivity contribution in [3.05, 3.63) is 0 Å². The first-order chi connectivity index (χ1) is 13.2. The molecule has 0 fully saturated rings. The van der Waals surface area contributed by atoms with Gasteiger partial charge in [0.05, 0.1) is 6.61 Å². The Hall–Kier alpha value is 4.69. The van der Waals surface area contributed by atoms with Gasteiger partial charge in [0.15, 0.2) is 25.8 Å². The molecule has 0 N–H and O–H groups in total. The lowest BCUT2D eigenvalue weighted by Gasteiger charge is -1.89. The van der Waals surface area contributed by atoms with E-state index in [9.17, 15) is 4.79 Å². The van der Waals surface area contributed by atoms with Gasteiger partial charge in [-0.1, -0.05) is 209 Å². The lowest BCUT2D eigenvalue weighted by molar-refractivity contribution is -0.140. The zero-order chi connectivity index (χ0) is 26.5. The van der Waals surface area contributed by atoms with Crippen molar-refractivity contribution < 1.29 is 9.53 Å². The Morgan fingerprint density at radius 3 is 0.600 bits per heavy atom. The first-order valence-corrected chi connectivity index (χ1v) is 13.7. The predicted octanol–water partition coefficient (Wildman–Crippen LogP) is 12.5. The first kappa shape index (κ1) is 51.4. The first-order valence-electron chi connectivity index (χ1n) is 5.83. The third-order valence-electron chi connectivity index (χ3n) is 0.348. The fourth-order valence-corrected chi connectivity index (χ4v) is 0.203. The summed E-state index contributed by atoms with van der Waals surface area (Å²) in [5.74, 6) is -0.211. The zero-order valence-electron chi connectivity index (χ0n) is 14.3. The number of carbonyl (C=O) groups is 1. The summed E-state index contributed by atoms with van der Waals surface area (Å²) in [5, 5.41) is 0. The third-order valence-corrected chi connectivity index (χ3v) is 0.348. The van der Waals surface area contributed by atoms with Crippen LogP contribution in [0, 0.1) is 0 Å². The molecule has 0 rings (SSSR count). The van der Waals surface area contributed by atoms with Crippen LogP contribution in [0.5, 0.6) is 0 Å². The van der Waals surface area contributed by atoms with E-state index in [1.54, 1.807) is 6.92 Å². The molecule has 0 aliphatic heterocycles. The van der Waals surface area contributed by atoms with Crippen molar-refractivity contribution in [2.75, 3.05) is 6.61 Å².